The van der Waals surface area contributed by atoms with E-state index in [0.717, 1.165) is 13.1 Å². The van der Waals surface area contributed by atoms with Crippen LogP contribution in [0.1, 0.15) is 40.0 Å². The topological polar surface area (TPSA) is 24.1 Å². The van der Waals surface area contributed by atoms with Crippen molar-refractivity contribution >= 4 is 0 Å². The Morgan fingerprint density at radius 2 is 1.83 bits per heavy atom. The number of hydrogen-bond donors (Lipinski definition) is 2. The summed E-state index contributed by atoms with van der Waals surface area (Å²) in [6.45, 7) is 8.87. The van der Waals surface area contributed by atoms with E-state index >= 15 is 0 Å². The summed E-state index contributed by atoms with van der Waals surface area (Å²) in [5.41, 5.74) is 0.239. The highest BCUT2D eigenvalue weighted by Crippen LogP contribution is 2.00. The van der Waals surface area contributed by atoms with Crippen molar-refractivity contribution in [2.75, 3.05) is 20.1 Å². The molecule has 0 radical (unpaired) electrons. The van der Waals surface area contributed by atoms with Crippen LogP contribution in [0.4, 0.5) is 0 Å². The predicted molar refractivity (Wildman–Crippen MR) is 55.5 cm³/mol. The lowest BCUT2D eigenvalue weighted by Crippen LogP contribution is -2.47. The van der Waals surface area contributed by atoms with Crippen molar-refractivity contribution in [3.05, 3.63) is 0 Å². The summed E-state index contributed by atoms with van der Waals surface area (Å²) in [4.78, 5) is 0. The summed E-state index contributed by atoms with van der Waals surface area (Å²) in [5.74, 6) is 0. The zero-order valence-corrected chi connectivity index (χ0v) is 9.04. The van der Waals surface area contributed by atoms with Gasteiger partial charge in [0, 0.05) is 12.1 Å². The molecule has 0 rings (SSSR count). The van der Waals surface area contributed by atoms with Crippen LogP contribution in [0.5, 0.6) is 0 Å². The third kappa shape index (κ3) is 6.62. The van der Waals surface area contributed by atoms with E-state index in [-0.39, 0.29) is 5.54 Å². The quantitative estimate of drug-likeness (QED) is 0.572. The molecule has 0 aromatic carbocycles. The molecule has 0 unspecified atom stereocenters. The van der Waals surface area contributed by atoms with Crippen LogP contribution in [0.15, 0.2) is 0 Å². The second kappa shape index (κ2) is 6.44. The van der Waals surface area contributed by atoms with Gasteiger partial charge in [0.05, 0.1) is 0 Å². The van der Waals surface area contributed by atoms with Crippen LogP contribution < -0.4 is 10.6 Å². The average Bonchev–Trinajstić information content (AvgIpc) is 1.98. The first-order valence-electron chi connectivity index (χ1n) is 5.02. The summed E-state index contributed by atoms with van der Waals surface area (Å²) in [6.07, 6.45) is 3.93. The van der Waals surface area contributed by atoms with Gasteiger partial charge in [-0.1, -0.05) is 19.8 Å². The van der Waals surface area contributed by atoms with E-state index < -0.39 is 0 Å². The van der Waals surface area contributed by atoms with Gasteiger partial charge < -0.3 is 10.6 Å². The van der Waals surface area contributed by atoms with Gasteiger partial charge in [-0.3, -0.25) is 0 Å². The summed E-state index contributed by atoms with van der Waals surface area (Å²) in [7, 11) is 2.00. The largest absolute Gasteiger partial charge is 0.318 e. The number of hydrogen-bond acceptors (Lipinski definition) is 2. The lowest BCUT2D eigenvalue weighted by Gasteiger charge is -2.25. The van der Waals surface area contributed by atoms with E-state index in [1.165, 1.54) is 19.3 Å². The van der Waals surface area contributed by atoms with Crippen LogP contribution in [-0.4, -0.2) is 25.7 Å². The SMILES string of the molecule is CCCCCNC(C)(C)CNC. The van der Waals surface area contributed by atoms with Gasteiger partial charge in [0.1, 0.15) is 0 Å². The molecule has 0 atom stereocenters. The Labute approximate surface area is 77.1 Å². The first-order valence-corrected chi connectivity index (χ1v) is 5.02. The van der Waals surface area contributed by atoms with E-state index in [1.54, 1.807) is 0 Å². The number of likely N-dealkylation sites (N-methyl/N-ethyl adjacent to an activating group) is 1. The van der Waals surface area contributed by atoms with Crippen molar-refractivity contribution in [3.63, 3.8) is 0 Å². The highest BCUT2D eigenvalue weighted by atomic mass is 15.0. The second-order valence-corrected chi connectivity index (χ2v) is 4.05. The van der Waals surface area contributed by atoms with Crippen molar-refractivity contribution in [2.45, 2.75) is 45.6 Å². The van der Waals surface area contributed by atoms with Crippen LogP contribution in [-0.2, 0) is 0 Å². The Kier molecular flexibility index (Phi) is 6.39. The first-order chi connectivity index (χ1) is 5.62. The summed E-state index contributed by atoms with van der Waals surface area (Å²) >= 11 is 0. The molecule has 2 nitrogen and oxygen atoms in total. The van der Waals surface area contributed by atoms with E-state index in [1.807, 2.05) is 7.05 Å². The summed E-state index contributed by atoms with van der Waals surface area (Å²) in [6, 6.07) is 0. The molecule has 0 spiro atoms. The molecule has 0 amide bonds. The number of rotatable bonds is 7. The zero-order chi connectivity index (χ0) is 9.45. The van der Waals surface area contributed by atoms with Crippen LogP contribution in [0.3, 0.4) is 0 Å². The van der Waals surface area contributed by atoms with Gasteiger partial charge in [-0.2, -0.15) is 0 Å². The van der Waals surface area contributed by atoms with Crippen LogP contribution in [0.25, 0.3) is 0 Å². The van der Waals surface area contributed by atoms with Crippen molar-refractivity contribution in [1.29, 1.82) is 0 Å². The molecule has 74 valence electrons. The van der Waals surface area contributed by atoms with E-state index in [0.29, 0.717) is 0 Å². The van der Waals surface area contributed by atoms with Crippen molar-refractivity contribution < 1.29 is 0 Å². The molecule has 0 aromatic rings. The van der Waals surface area contributed by atoms with E-state index in [2.05, 4.69) is 31.4 Å². The Morgan fingerprint density at radius 3 is 2.33 bits per heavy atom. The molecular formula is C10H24N2. The fourth-order valence-electron chi connectivity index (χ4n) is 1.31. The molecule has 0 aromatic heterocycles. The minimum Gasteiger partial charge on any atom is -0.318 e. The van der Waals surface area contributed by atoms with Crippen molar-refractivity contribution in [2.24, 2.45) is 0 Å². The molecule has 12 heavy (non-hydrogen) atoms. The van der Waals surface area contributed by atoms with Crippen LogP contribution >= 0.6 is 0 Å². The van der Waals surface area contributed by atoms with Gasteiger partial charge >= 0.3 is 0 Å². The maximum atomic E-state index is 3.53. The molecule has 2 heteroatoms. The minimum atomic E-state index is 0.239. The molecule has 0 saturated heterocycles. The molecule has 0 aliphatic heterocycles. The van der Waals surface area contributed by atoms with Crippen LogP contribution in [0, 0.1) is 0 Å². The fourth-order valence-corrected chi connectivity index (χ4v) is 1.31. The highest BCUT2D eigenvalue weighted by Gasteiger charge is 2.13. The molecule has 2 N–H and O–H groups in total. The van der Waals surface area contributed by atoms with Crippen LogP contribution in [0.2, 0.25) is 0 Å². The van der Waals surface area contributed by atoms with Gasteiger partial charge in [0.2, 0.25) is 0 Å². The molecule has 0 aliphatic carbocycles. The average molecular weight is 172 g/mol. The van der Waals surface area contributed by atoms with E-state index in [9.17, 15) is 0 Å². The van der Waals surface area contributed by atoms with Gasteiger partial charge in [-0.25, -0.2) is 0 Å². The Morgan fingerprint density at radius 1 is 1.17 bits per heavy atom. The van der Waals surface area contributed by atoms with Gasteiger partial charge in [-0.15, -0.1) is 0 Å². The lowest BCUT2D eigenvalue weighted by molar-refractivity contribution is 0.371. The first kappa shape index (κ1) is 11.9. The number of nitrogens with one attached hydrogen (secondary N) is 2. The third-order valence-corrected chi connectivity index (χ3v) is 2.00. The molecule has 0 fully saturated rings. The molecule has 0 aliphatic rings. The normalized spacial score (nSPS) is 12.0. The van der Waals surface area contributed by atoms with Gasteiger partial charge in [0.15, 0.2) is 0 Å². The number of unbranched alkanes of at least 4 members (excludes halogenated alkanes) is 2. The lowest BCUT2D eigenvalue weighted by atomic mass is 10.1. The zero-order valence-electron chi connectivity index (χ0n) is 9.04. The second-order valence-electron chi connectivity index (χ2n) is 4.05. The maximum Gasteiger partial charge on any atom is 0.0249 e. The summed E-state index contributed by atoms with van der Waals surface area (Å²) in [5, 5.41) is 6.72. The van der Waals surface area contributed by atoms with Gasteiger partial charge in [0.25, 0.3) is 0 Å². The minimum absolute atomic E-state index is 0.239. The molecule has 0 heterocycles. The molecule has 0 bridgehead atoms. The Balaban J connectivity index is 3.33. The predicted octanol–water partition coefficient (Wildman–Crippen LogP) is 1.76. The summed E-state index contributed by atoms with van der Waals surface area (Å²) < 4.78 is 0. The molecule has 0 saturated carbocycles. The monoisotopic (exact) mass is 172 g/mol. The van der Waals surface area contributed by atoms with Crippen molar-refractivity contribution in [3.8, 4) is 0 Å². The van der Waals surface area contributed by atoms with E-state index in [4.69, 9.17) is 0 Å². The Bertz CT molecular complexity index is 100. The smallest absolute Gasteiger partial charge is 0.0249 e. The molecular weight excluding hydrogens is 148 g/mol. The van der Waals surface area contributed by atoms with Gasteiger partial charge in [-0.05, 0) is 33.9 Å². The maximum absolute atomic E-state index is 3.53. The third-order valence-electron chi connectivity index (χ3n) is 2.00. The van der Waals surface area contributed by atoms with Crippen molar-refractivity contribution in [1.82, 2.24) is 10.6 Å². The highest BCUT2D eigenvalue weighted by molar-refractivity contribution is 4.78. The fraction of sp³-hybridized carbons (Fsp3) is 1.00. The standard InChI is InChI=1S/C10H24N2/c1-5-6-7-8-12-10(2,3)9-11-4/h11-12H,5-9H2,1-4H3. The Hall–Kier alpha value is -0.0800.